The zero-order valence-electron chi connectivity index (χ0n) is 11.3. The third-order valence-electron chi connectivity index (χ3n) is 2.77. The molecular weight excluding hydrogens is 246 g/mol. The Morgan fingerprint density at radius 3 is 3.00 bits per heavy atom. The Morgan fingerprint density at radius 1 is 1.47 bits per heavy atom. The van der Waals surface area contributed by atoms with Gasteiger partial charge in [-0.05, 0) is 13.3 Å². The molecule has 0 saturated carbocycles. The van der Waals surface area contributed by atoms with Crippen molar-refractivity contribution in [2.45, 2.75) is 33.4 Å². The van der Waals surface area contributed by atoms with Gasteiger partial charge in [-0.1, -0.05) is 6.92 Å². The highest BCUT2D eigenvalue weighted by molar-refractivity contribution is 5.91. The molecule has 0 saturated heterocycles. The Balaban J connectivity index is 1.89. The van der Waals surface area contributed by atoms with Crippen LogP contribution in [0.4, 0.5) is 0 Å². The predicted octanol–water partition coefficient (Wildman–Crippen LogP) is 1.19. The summed E-state index contributed by atoms with van der Waals surface area (Å²) in [6, 6.07) is 0. The number of aromatic nitrogens is 2. The van der Waals surface area contributed by atoms with Gasteiger partial charge in [0.2, 0.25) is 5.76 Å². The average Bonchev–Trinajstić information content (AvgIpc) is 2.85. The summed E-state index contributed by atoms with van der Waals surface area (Å²) >= 11 is 0. The van der Waals surface area contributed by atoms with Gasteiger partial charge in [-0.15, -0.1) is 0 Å². The van der Waals surface area contributed by atoms with E-state index in [1.165, 1.54) is 0 Å². The molecule has 19 heavy (non-hydrogen) atoms. The second kappa shape index (κ2) is 6.26. The number of ether oxygens (including phenoxy) is 2. The summed E-state index contributed by atoms with van der Waals surface area (Å²) < 4.78 is 12.5. The molecule has 1 aromatic heterocycles. The average molecular weight is 265 g/mol. The number of allylic oxidation sites excluding steroid dienone is 1. The second-order valence-corrected chi connectivity index (χ2v) is 4.38. The highest BCUT2D eigenvalue weighted by atomic mass is 16.6. The summed E-state index contributed by atoms with van der Waals surface area (Å²) in [4.78, 5) is 11.9. The van der Waals surface area contributed by atoms with Gasteiger partial charge in [-0.3, -0.25) is 9.48 Å². The smallest absolute Gasteiger partial charge is 0.290 e. The van der Waals surface area contributed by atoms with Crippen LogP contribution in [0.15, 0.2) is 23.9 Å². The van der Waals surface area contributed by atoms with Crippen molar-refractivity contribution >= 4 is 5.91 Å². The van der Waals surface area contributed by atoms with E-state index in [0.29, 0.717) is 25.5 Å². The number of nitrogens with zero attached hydrogens (tertiary/aromatic N) is 2. The van der Waals surface area contributed by atoms with E-state index >= 15 is 0 Å². The van der Waals surface area contributed by atoms with Gasteiger partial charge < -0.3 is 14.8 Å². The number of hydrogen-bond donors (Lipinski definition) is 1. The molecule has 6 nitrogen and oxygen atoms in total. The van der Waals surface area contributed by atoms with Crippen LogP contribution < -0.4 is 5.32 Å². The molecule has 104 valence electrons. The van der Waals surface area contributed by atoms with Crippen molar-refractivity contribution in [3.05, 3.63) is 29.5 Å². The first-order valence-corrected chi connectivity index (χ1v) is 6.46. The first kappa shape index (κ1) is 13.5. The fraction of sp³-hybridized carbons (Fsp3) is 0.538. The van der Waals surface area contributed by atoms with Gasteiger partial charge in [0.15, 0.2) is 0 Å². The Hall–Kier alpha value is -1.98. The summed E-state index contributed by atoms with van der Waals surface area (Å²) in [7, 11) is 0. The van der Waals surface area contributed by atoms with Crippen molar-refractivity contribution in [3.63, 3.8) is 0 Å². The van der Waals surface area contributed by atoms with E-state index in [9.17, 15) is 4.79 Å². The number of amides is 1. The van der Waals surface area contributed by atoms with E-state index in [1.54, 1.807) is 13.1 Å². The van der Waals surface area contributed by atoms with Crippen LogP contribution in [-0.2, 0) is 27.4 Å². The minimum atomic E-state index is -0.250. The lowest BCUT2D eigenvalue weighted by Gasteiger charge is -2.19. The van der Waals surface area contributed by atoms with Crippen molar-refractivity contribution in [3.8, 4) is 0 Å². The Bertz CT molecular complexity index is 479. The number of aryl methyl sites for hydroxylation is 1. The van der Waals surface area contributed by atoms with E-state index < -0.39 is 0 Å². The highest BCUT2D eigenvalue weighted by Gasteiger charge is 2.19. The minimum Gasteiger partial charge on any atom is -0.491 e. The Kier molecular flexibility index (Phi) is 4.43. The van der Waals surface area contributed by atoms with Gasteiger partial charge in [0.25, 0.3) is 5.91 Å². The normalized spacial score (nSPS) is 14.8. The van der Waals surface area contributed by atoms with Crippen LogP contribution in [0, 0.1) is 0 Å². The van der Waals surface area contributed by atoms with Gasteiger partial charge in [0.05, 0.1) is 6.20 Å². The molecule has 1 N–H and O–H groups in total. The molecule has 2 heterocycles. The molecule has 2 rings (SSSR count). The van der Waals surface area contributed by atoms with Crippen LogP contribution in [0.25, 0.3) is 0 Å². The molecule has 0 spiro atoms. The first-order chi connectivity index (χ1) is 9.20. The summed E-state index contributed by atoms with van der Waals surface area (Å²) in [5.41, 5.74) is 0.969. The molecule has 0 bridgehead atoms. The van der Waals surface area contributed by atoms with Crippen molar-refractivity contribution < 1.29 is 14.3 Å². The molecule has 1 amide bonds. The monoisotopic (exact) mass is 265 g/mol. The van der Waals surface area contributed by atoms with Gasteiger partial charge in [0, 0.05) is 24.8 Å². The Labute approximate surface area is 112 Å². The zero-order valence-corrected chi connectivity index (χ0v) is 11.3. The third kappa shape index (κ3) is 3.49. The summed E-state index contributed by atoms with van der Waals surface area (Å²) in [5, 5.41) is 7.01. The maximum Gasteiger partial charge on any atom is 0.290 e. The van der Waals surface area contributed by atoms with E-state index in [0.717, 1.165) is 18.5 Å². The lowest BCUT2D eigenvalue weighted by Crippen LogP contribution is -2.29. The third-order valence-corrected chi connectivity index (χ3v) is 2.77. The van der Waals surface area contributed by atoms with Crippen LogP contribution in [0.5, 0.6) is 0 Å². The molecule has 1 aromatic rings. The van der Waals surface area contributed by atoms with Crippen LogP contribution in [0.1, 0.15) is 25.8 Å². The van der Waals surface area contributed by atoms with Gasteiger partial charge in [-0.2, -0.15) is 5.10 Å². The number of carbonyl (C=O) groups is 1. The quantitative estimate of drug-likeness (QED) is 0.868. The summed E-state index contributed by atoms with van der Waals surface area (Å²) in [6.45, 7) is 6.05. The van der Waals surface area contributed by atoms with Crippen LogP contribution in [0.3, 0.4) is 0 Å². The topological polar surface area (TPSA) is 65.4 Å². The Morgan fingerprint density at radius 2 is 2.26 bits per heavy atom. The lowest BCUT2D eigenvalue weighted by atomic mass is 10.3. The van der Waals surface area contributed by atoms with Crippen molar-refractivity contribution in [1.82, 2.24) is 15.1 Å². The molecule has 1 aliphatic heterocycles. The van der Waals surface area contributed by atoms with E-state index in [-0.39, 0.29) is 11.7 Å². The van der Waals surface area contributed by atoms with Crippen LogP contribution >= 0.6 is 0 Å². The number of nitrogens with one attached hydrogen (secondary N) is 1. The summed E-state index contributed by atoms with van der Waals surface area (Å²) in [5.74, 6) is 0.554. The molecule has 0 atom stereocenters. The maximum absolute atomic E-state index is 11.9. The second-order valence-electron chi connectivity index (χ2n) is 4.38. The van der Waals surface area contributed by atoms with E-state index in [2.05, 4.69) is 17.3 Å². The number of rotatable bonds is 5. The standard InChI is InChI=1S/C13H19N3O3/c1-3-4-16-9-11(8-15-16)7-14-13(17)12-10(2)18-5-6-19-12/h8-9H,3-7H2,1-2H3,(H,14,17). The summed E-state index contributed by atoms with van der Waals surface area (Å²) in [6.07, 6.45) is 4.73. The fourth-order valence-corrected chi connectivity index (χ4v) is 1.84. The number of carbonyl (C=O) groups excluding carboxylic acids is 1. The van der Waals surface area contributed by atoms with Crippen molar-refractivity contribution in [2.75, 3.05) is 13.2 Å². The molecular formula is C13H19N3O3. The molecule has 0 unspecified atom stereocenters. The minimum absolute atomic E-state index is 0.250. The lowest BCUT2D eigenvalue weighted by molar-refractivity contribution is -0.122. The van der Waals surface area contributed by atoms with Crippen molar-refractivity contribution in [1.29, 1.82) is 0 Å². The SMILES string of the molecule is CCCn1cc(CNC(=O)C2=C(C)OCCO2)cn1. The van der Waals surface area contributed by atoms with Crippen molar-refractivity contribution in [2.24, 2.45) is 0 Å². The fourth-order valence-electron chi connectivity index (χ4n) is 1.84. The highest BCUT2D eigenvalue weighted by Crippen LogP contribution is 2.12. The van der Waals surface area contributed by atoms with Gasteiger partial charge in [-0.25, -0.2) is 0 Å². The van der Waals surface area contributed by atoms with Gasteiger partial charge >= 0.3 is 0 Å². The van der Waals surface area contributed by atoms with E-state index in [4.69, 9.17) is 9.47 Å². The van der Waals surface area contributed by atoms with E-state index in [1.807, 2.05) is 10.9 Å². The van der Waals surface area contributed by atoms with Crippen LogP contribution in [0.2, 0.25) is 0 Å². The molecule has 0 aromatic carbocycles. The maximum atomic E-state index is 11.9. The largest absolute Gasteiger partial charge is 0.491 e. The zero-order chi connectivity index (χ0) is 13.7. The van der Waals surface area contributed by atoms with Crippen LogP contribution in [-0.4, -0.2) is 28.9 Å². The first-order valence-electron chi connectivity index (χ1n) is 6.46. The molecule has 1 aliphatic rings. The molecule has 6 heteroatoms. The molecule has 0 aliphatic carbocycles. The van der Waals surface area contributed by atoms with Gasteiger partial charge in [0.1, 0.15) is 19.0 Å². The predicted molar refractivity (Wildman–Crippen MR) is 69.0 cm³/mol. The molecule has 0 fully saturated rings. The number of hydrogen-bond acceptors (Lipinski definition) is 4. The molecule has 0 radical (unpaired) electrons.